The molecule has 1 aliphatic carbocycles. The van der Waals surface area contributed by atoms with Gasteiger partial charge in [-0.25, -0.2) is 0 Å². The maximum absolute atomic E-state index is 12.0. The Kier molecular flexibility index (Phi) is 7.67. The first kappa shape index (κ1) is 17.7. The zero-order valence-corrected chi connectivity index (χ0v) is 14.5. The predicted octanol–water partition coefficient (Wildman–Crippen LogP) is 2.82. The minimum Gasteiger partial charge on any atom is -0.469 e. The molecule has 1 saturated carbocycles. The molecule has 1 heterocycles. The minimum absolute atomic E-state index is 0.0364. The molecule has 4 nitrogen and oxygen atoms in total. The summed E-state index contributed by atoms with van der Waals surface area (Å²) in [7, 11) is 1.51. The van der Waals surface area contributed by atoms with Crippen molar-refractivity contribution < 1.29 is 9.53 Å². The van der Waals surface area contributed by atoms with Gasteiger partial charge in [-0.1, -0.05) is 32.6 Å². The maximum atomic E-state index is 12.0. The van der Waals surface area contributed by atoms with Gasteiger partial charge in [0.15, 0.2) is 0 Å². The number of rotatable bonds is 7. The number of esters is 1. The van der Waals surface area contributed by atoms with Crippen molar-refractivity contribution in [1.29, 1.82) is 0 Å². The Hall–Kier alpha value is -0.610. The van der Waals surface area contributed by atoms with Crippen LogP contribution in [-0.2, 0) is 9.53 Å². The quantitative estimate of drug-likeness (QED) is 0.734. The van der Waals surface area contributed by atoms with E-state index in [1.807, 2.05) is 0 Å². The van der Waals surface area contributed by atoms with Crippen LogP contribution in [0.2, 0.25) is 0 Å². The summed E-state index contributed by atoms with van der Waals surface area (Å²) in [6.45, 7) is 6.40. The van der Waals surface area contributed by atoms with Crippen molar-refractivity contribution in [3.05, 3.63) is 0 Å². The van der Waals surface area contributed by atoms with Crippen molar-refractivity contribution >= 4 is 5.97 Å². The van der Waals surface area contributed by atoms with Crippen molar-refractivity contribution in [2.75, 3.05) is 33.3 Å². The van der Waals surface area contributed by atoms with E-state index in [1.165, 1.54) is 52.1 Å². The highest BCUT2D eigenvalue weighted by molar-refractivity contribution is 5.72. The van der Waals surface area contributed by atoms with E-state index in [-0.39, 0.29) is 11.9 Å². The van der Waals surface area contributed by atoms with Gasteiger partial charge in [-0.05, 0) is 44.7 Å². The SMILES string of the molecule is CCCCN1CC(NCC2CCCCC2)CC(C(=O)OC)C1. The molecular weight excluding hydrogens is 276 g/mol. The highest BCUT2D eigenvalue weighted by atomic mass is 16.5. The average Bonchev–Trinajstić information content (AvgIpc) is 2.58. The third kappa shape index (κ3) is 5.54. The molecule has 0 aromatic carbocycles. The number of nitrogens with one attached hydrogen (secondary N) is 1. The second kappa shape index (κ2) is 9.51. The van der Waals surface area contributed by atoms with E-state index in [0.717, 1.165) is 38.5 Å². The molecule has 0 bridgehead atoms. The standard InChI is InChI=1S/C18H34N2O2/c1-3-4-10-20-13-16(18(21)22-2)11-17(14-20)19-12-15-8-6-5-7-9-15/h15-17,19H,3-14H2,1-2H3. The first-order valence-corrected chi connectivity index (χ1v) is 9.26. The number of piperidine rings is 1. The lowest BCUT2D eigenvalue weighted by Gasteiger charge is -2.38. The number of hydrogen-bond acceptors (Lipinski definition) is 4. The van der Waals surface area contributed by atoms with Crippen molar-refractivity contribution in [3.8, 4) is 0 Å². The number of ether oxygens (including phenoxy) is 1. The van der Waals surface area contributed by atoms with Crippen LogP contribution in [0.15, 0.2) is 0 Å². The molecule has 2 fully saturated rings. The van der Waals surface area contributed by atoms with Crippen LogP contribution >= 0.6 is 0 Å². The molecule has 1 N–H and O–H groups in total. The molecule has 0 amide bonds. The van der Waals surface area contributed by atoms with Crippen LogP contribution in [0.4, 0.5) is 0 Å². The third-order valence-electron chi connectivity index (χ3n) is 5.31. The first-order chi connectivity index (χ1) is 10.7. The topological polar surface area (TPSA) is 41.6 Å². The van der Waals surface area contributed by atoms with Crippen LogP contribution in [-0.4, -0.2) is 50.2 Å². The second-order valence-electron chi connectivity index (χ2n) is 7.18. The van der Waals surface area contributed by atoms with Gasteiger partial charge in [0, 0.05) is 19.1 Å². The van der Waals surface area contributed by atoms with Gasteiger partial charge < -0.3 is 15.0 Å². The Morgan fingerprint density at radius 3 is 2.68 bits per heavy atom. The van der Waals surface area contributed by atoms with Crippen LogP contribution in [0.25, 0.3) is 0 Å². The molecule has 2 rings (SSSR count). The largest absolute Gasteiger partial charge is 0.469 e. The minimum atomic E-state index is -0.0364. The Morgan fingerprint density at radius 1 is 1.23 bits per heavy atom. The molecule has 4 heteroatoms. The van der Waals surface area contributed by atoms with E-state index in [1.54, 1.807) is 0 Å². The number of unbranched alkanes of at least 4 members (excludes halogenated alkanes) is 1. The van der Waals surface area contributed by atoms with Crippen LogP contribution in [0.3, 0.4) is 0 Å². The van der Waals surface area contributed by atoms with Gasteiger partial charge in [-0.2, -0.15) is 0 Å². The molecule has 2 aliphatic rings. The second-order valence-corrected chi connectivity index (χ2v) is 7.18. The fraction of sp³-hybridized carbons (Fsp3) is 0.944. The number of carbonyl (C=O) groups excluding carboxylic acids is 1. The van der Waals surface area contributed by atoms with Crippen LogP contribution in [0, 0.1) is 11.8 Å². The van der Waals surface area contributed by atoms with E-state index >= 15 is 0 Å². The van der Waals surface area contributed by atoms with Crippen molar-refractivity contribution in [2.45, 2.75) is 64.3 Å². The smallest absolute Gasteiger partial charge is 0.310 e. The number of hydrogen-bond donors (Lipinski definition) is 1. The molecule has 0 aromatic heterocycles. The van der Waals surface area contributed by atoms with Gasteiger partial charge in [0.1, 0.15) is 0 Å². The summed E-state index contributed by atoms with van der Waals surface area (Å²) in [5.41, 5.74) is 0. The highest BCUT2D eigenvalue weighted by Crippen LogP contribution is 2.24. The molecule has 1 aliphatic heterocycles. The Labute approximate surface area is 136 Å². The van der Waals surface area contributed by atoms with Crippen LogP contribution in [0.5, 0.6) is 0 Å². The van der Waals surface area contributed by atoms with E-state index in [0.29, 0.717) is 6.04 Å². The molecule has 2 atom stereocenters. The van der Waals surface area contributed by atoms with E-state index < -0.39 is 0 Å². The number of nitrogens with zero attached hydrogens (tertiary/aromatic N) is 1. The summed E-state index contributed by atoms with van der Waals surface area (Å²) in [6.07, 6.45) is 10.3. The third-order valence-corrected chi connectivity index (χ3v) is 5.31. The molecule has 22 heavy (non-hydrogen) atoms. The maximum Gasteiger partial charge on any atom is 0.310 e. The monoisotopic (exact) mass is 310 g/mol. The number of likely N-dealkylation sites (tertiary alicyclic amines) is 1. The predicted molar refractivity (Wildman–Crippen MR) is 89.8 cm³/mol. The first-order valence-electron chi connectivity index (χ1n) is 9.26. The average molecular weight is 310 g/mol. The van der Waals surface area contributed by atoms with Crippen LogP contribution < -0.4 is 5.32 Å². The Morgan fingerprint density at radius 2 is 2.00 bits per heavy atom. The van der Waals surface area contributed by atoms with E-state index in [2.05, 4.69) is 17.1 Å². The fourth-order valence-electron chi connectivity index (χ4n) is 3.96. The summed E-state index contributed by atoms with van der Waals surface area (Å²) < 4.78 is 4.99. The molecule has 128 valence electrons. The van der Waals surface area contributed by atoms with Gasteiger partial charge in [-0.3, -0.25) is 4.79 Å². The molecule has 0 aromatic rings. The molecule has 2 unspecified atom stereocenters. The fourth-order valence-corrected chi connectivity index (χ4v) is 3.96. The summed E-state index contributed by atoms with van der Waals surface area (Å²) in [4.78, 5) is 14.4. The van der Waals surface area contributed by atoms with Gasteiger partial charge in [0.25, 0.3) is 0 Å². The molecule has 0 spiro atoms. The zero-order valence-electron chi connectivity index (χ0n) is 14.5. The normalized spacial score (nSPS) is 27.7. The summed E-state index contributed by atoms with van der Waals surface area (Å²) in [5, 5.41) is 3.76. The summed E-state index contributed by atoms with van der Waals surface area (Å²) >= 11 is 0. The number of methoxy groups -OCH3 is 1. The summed E-state index contributed by atoms with van der Waals surface area (Å²) in [5.74, 6) is 0.849. The van der Waals surface area contributed by atoms with E-state index in [4.69, 9.17) is 4.74 Å². The summed E-state index contributed by atoms with van der Waals surface area (Å²) in [6, 6.07) is 0.441. The van der Waals surface area contributed by atoms with Crippen molar-refractivity contribution in [3.63, 3.8) is 0 Å². The Bertz CT molecular complexity index is 329. The van der Waals surface area contributed by atoms with E-state index in [9.17, 15) is 4.79 Å². The van der Waals surface area contributed by atoms with Crippen molar-refractivity contribution in [2.24, 2.45) is 11.8 Å². The van der Waals surface area contributed by atoms with Gasteiger partial charge in [-0.15, -0.1) is 0 Å². The van der Waals surface area contributed by atoms with Gasteiger partial charge in [0.05, 0.1) is 13.0 Å². The highest BCUT2D eigenvalue weighted by Gasteiger charge is 2.32. The molecular formula is C18H34N2O2. The molecule has 0 radical (unpaired) electrons. The lowest BCUT2D eigenvalue weighted by molar-refractivity contribution is -0.147. The Balaban J connectivity index is 1.82. The molecule has 1 saturated heterocycles. The number of carbonyl (C=O) groups is 1. The lowest BCUT2D eigenvalue weighted by atomic mass is 9.88. The van der Waals surface area contributed by atoms with Gasteiger partial charge in [0.2, 0.25) is 0 Å². The van der Waals surface area contributed by atoms with Gasteiger partial charge >= 0.3 is 5.97 Å². The lowest BCUT2D eigenvalue weighted by Crippen LogP contribution is -2.52. The van der Waals surface area contributed by atoms with Crippen LogP contribution in [0.1, 0.15) is 58.3 Å². The van der Waals surface area contributed by atoms with Crippen molar-refractivity contribution in [1.82, 2.24) is 10.2 Å². The zero-order chi connectivity index (χ0) is 15.8.